The van der Waals surface area contributed by atoms with E-state index < -0.39 is 11.8 Å². The van der Waals surface area contributed by atoms with Gasteiger partial charge in [-0.2, -0.15) is 0 Å². The van der Waals surface area contributed by atoms with Crippen molar-refractivity contribution in [3.63, 3.8) is 0 Å². The summed E-state index contributed by atoms with van der Waals surface area (Å²) in [6.07, 6.45) is 0. The van der Waals surface area contributed by atoms with E-state index in [0.717, 1.165) is 0 Å². The summed E-state index contributed by atoms with van der Waals surface area (Å²) in [5.41, 5.74) is 1.43. The summed E-state index contributed by atoms with van der Waals surface area (Å²) < 4.78 is 25.5. The van der Waals surface area contributed by atoms with Gasteiger partial charge in [0.15, 0.2) is 5.58 Å². The van der Waals surface area contributed by atoms with Gasteiger partial charge in [0.1, 0.15) is 11.3 Å². The molecule has 3 aromatic rings. The van der Waals surface area contributed by atoms with Crippen LogP contribution in [0.4, 0.5) is 4.39 Å². The Morgan fingerprint density at radius 1 is 1.27 bits per heavy atom. The molecule has 22 heavy (non-hydrogen) atoms. The molecule has 7 heteroatoms. The Hall–Kier alpha value is -1.73. The molecule has 0 aliphatic rings. The van der Waals surface area contributed by atoms with Gasteiger partial charge in [0.25, 0.3) is 0 Å². The lowest BCUT2D eigenvalue weighted by Gasteiger charge is -1.99. The van der Waals surface area contributed by atoms with E-state index in [-0.39, 0.29) is 11.5 Å². The summed E-state index contributed by atoms with van der Waals surface area (Å²) in [5, 5.41) is 0. The van der Waals surface area contributed by atoms with Crippen LogP contribution in [0.2, 0.25) is 0 Å². The van der Waals surface area contributed by atoms with Crippen LogP contribution in [-0.2, 0) is 4.74 Å². The van der Waals surface area contributed by atoms with E-state index in [4.69, 9.17) is 4.42 Å². The van der Waals surface area contributed by atoms with E-state index in [1.807, 2.05) is 0 Å². The second-order valence-electron chi connectivity index (χ2n) is 4.44. The van der Waals surface area contributed by atoms with E-state index in [1.54, 1.807) is 18.2 Å². The highest BCUT2D eigenvalue weighted by Crippen LogP contribution is 2.32. The number of rotatable bonds is 2. The number of benzene rings is 2. The molecule has 4 nitrogen and oxygen atoms in total. The van der Waals surface area contributed by atoms with Gasteiger partial charge in [0.05, 0.1) is 18.2 Å². The molecule has 0 N–H and O–H groups in total. The van der Waals surface area contributed by atoms with Crippen molar-refractivity contribution in [2.24, 2.45) is 0 Å². The molecule has 112 valence electrons. The van der Waals surface area contributed by atoms with Gasteiger partial charge in [-0.3, -0.25) is 0 Å². The van der Waals surface area contributed by atoms with Gasteiger partial charge in [-0.15, -0.1) is 0 Å². The maximum absolute atomic E-state index is 14.0. The molecule has 0 aliphatic heterocycles. The summed E-state index contributed by atoms with van der Waals surface area (Å²) in [5.74, 6) is -0.802. The predicted octanol–water partition coefficient (Wildman–Crippen LogP) is 4.95. The van der Waals surface area contributed by atoms with Gasteiger partial charge in [-0.1, -0.05) is 15.9 Å². The highest BCUT2D eigenvalue weighted by Gasteiger charge is 2.17. The molecule has 0 saturated heterocycles. The molecule has 1 aromatic heterocycles. The minimum Gasteiger partial charge on any atom is -0.465 e. The molecule has 0 aliphatic carbocycles. The van der Waals surface area contributed by atoms with Crippen molar-refractivity contribution in [1.82, 2.24) is 4.98 Å². The van der Waals surface area contributed by atoms with Crippen LogP contribution in [0.15, 0.2) is 43.7 Å². The van der Waals surface area contributed by atoms with Gasteiger partial charge in [-0.05, 0) is 46.3 Å². The summed E-state index contributed by atoms with van der Waals surface area (Å²) in [7, 11) is 1.30. The third-order valence-corrected chi connectivity index (χ3v) is 4.13. The van der Waals surface area contributed by atoms with Gasteiger partial charge in [-0.25, -0.2) is 14.2 Å². The third-order valence-electron chi connectivity index (χ3n) is 3.03. The fourth-order valence-corrected chi connectivity index (χ4v) is 2.87. The fraction of sp³-hybridized carbons (Fsp3) is 0.0667. The second kappa shape index (κ2) is 5.81. The van der Waals surface area contributed by atoms with Gasteiger partial charge < -0.3 is 9.15 Å². The number of esters is 1. The average Bonchev–Trinajstić information content (AvgIpc) is 2.90. The Morgan fingerprint density at radius 2 is 2.05 bits per heavy atom. The number of hydrogen-bond donors (Lipinski definition) is 0. The summed E-state index contributed by atoms with van der Waals surface area (Å²) >= 11 is 6.53. The van der Waals surface area contributed by atoms with Crippen LogP contribution >= 0.6 is 31.9 Å². The largest absolute Gasteiger partial charge is 0.465 e. The molecule has 0 unspecified atom stereocenters. The van der Waals surface area contributed by atoms with Gasteiger partial charge in [0, 0.05) is 8.95 Å². The van der Waals surface area contributed by atoms with Crippen molar-refractivity contribution < 1.29 is 18.3 Å². The molecule has 0 radical (unpaired) electrons. The third kappa shape index (κ3) is 2.66. The smallest absolute Gasteiger partial charge is 0.338 e. The zero-order chi connectivity index (χ0) is 15.9. The van der Waals surface area contributed by atoms with Crippen LogP contribution in [-0.4, -0.2) is 18.1 Å². The maximum Gasteiger partial charge on any atom is 0.338 e. The van der Waals surface area contributed by atoms with Crippen LogP contribution in [0.25, 0.3) is 22.6 Å². The minimum atomic E-state index is -0.490. The molecule has 3 rings (SSSR count). The lowest BCUT2D eigenvalue weighted by atomic mass is 10.2. The quantitative estimate of drug-likeness (QED) is 0.542. The molecular weight excluding hydrogens is 421 g/mol. The SMILES string of the molecule is COC(=O)c1cc(Br)c2nc(-c3ccc(Br)cc3F)oc2c1. The Bertz CT molecular complexity index is 892. The van der Waals surface area contributed by atoms with Crippen LogP contribution < -0.4 is 0 Å². The lowest BCUT2D eigenvalue weighted by Crippen LogP contribution is -2.00. The minimum absolute atomic E-state index is 0.141. The molecule has 0 amide bonds. The van der Waals surface area contributed by atoms with E-state index in [9.17, 15) is 9.18 Å². The summed E-state index contributed by atoms with van der Waals surface area (Å²) in [4.78, 5) is 15.9. The van der Waals surface area contributed by atoms with Gasteiger partial charge in [0.2, 0.25) is 5.89 Å². The van der Waals surface area contributed by atoms with Crippen molar-refractivity contribution in [3.8, 4) is 11.5 Å². The number of carbonyl (C=O) groups excluding carboxylic acids is 1. The van der Waals surface area contributed by atoms with Crippen LogP contribution in [0, 0.1) is 5.82 Å². The first-order valence-corrected chi connectivity index (χ1v) is 7.72. The first-order chi connectivity index (χ1) is 10.5. The first kappa shape index (κ1) is 15.2. The Morgan fingerprint density at radius 3 is 2.73 bits per heavy atom. The van der Waals surface area contributed by atoms with Crippen molar-refractivity contribution in [2.45, 2.75) is 0 Å². The van der Waals surface area contributed by atoms with Crippen molar-refractivity contribution in [1.29, 1.82) is 0 Å². The van der Waals surface area contributed by atoms with E-state index in [2.05, 4.69) is 41.6 Å². The summed E-state index contributed by atoms with van der Waals surface area (Å²) in [6, 6.07) is 7.69. The number of carbonyl (C=O) groups is 1. The number of oxazole rings is 1. The number of ether oxygens (including phenoxy) is 1. The van der Waals surface area contributed by atoms with Crippen LogP contribution in [0.5, 0.6) is 0 Å². The predicted molar refractivity (Wildman–Crippen MR) is 86.1 cm³/mol. The fourth-order valence-electron chi connectivity index (χ4n) is 2.00. The molecule has 0 bridgehead atoms. The first-order valence-electron chi connectivity index (χ1n) is 6.13. The maximum atomic E-state index is 14.0. The Balaban J connectivity index is 2.17. The number of methoxy groups -OCH3 is 1. The highest BCUT2D eigenvalue weighted by molar-refractivity contribution is 9.11. The molecule has 0 atom stereocenters. The Kier molecular flexibility index (Phi) is 4.01. The van der Waals surface area contributed by atoms with E-state index >= 15 is 0 Å². The van der Waals surface area contributed by atoms with E-state index in [1.165, 1.54) is 19.2 Å². The number of aromatic nitrogens is 1. The number of fused-ring (bicyclic) bond motifs is 1. The second-order valence-corrected chi connectivity index (χ2v) is 6.21. The van der Waals surface area contributed by atoms with Crippen LogP contribution in [0.1, 0.15) is 10.4 Å². The van der Waals surface area contributed by atoms with Crippen molar-refractivity contribution in [2.75, 3.05) is 7.11 Å². The van der Waals surface area contributed by atoms with Crippen molar-refractivity contribution in [3.05, 3.63) is 50.7 Å². The van der Waals surface area contributed by atoms with Crippen molar-refractivity contribution >= 4 is 48.9 Å². The molecular formula is C15H8Br2FNO3. The molecule has 0 fully saturated rings. The molecule has 0 saturated carbocycles. The zero-order valence-corrected chi connectivity index (χ0v) is 14.4. The topological polar surface area (TPSA) is 52.3 Å². The van der Waals surface area contributed by atoms with Crippen LogP contribution in [0.3, 0.4) is 0 Å². The normalized spacial score (nSPS) is 10.9. The summed E-state index contributed by atoms with van der Waals surface area (Å²) in [6.45, 7) is 0. The average molecular weight is 429 g/mol. The monoisotopic (exact) mass is 427 g/mol. The molecule has 2 aromatic carbocycles. The van der Waals surface area contributed by atoms with E-state index in [0.29, 0.717) is 25.6 Å². The zero-order valence-electron chi connectivity index (χ0n) is 11.2. The number of halogens is 3. The van der Waals surface area contributed by atoms with Gasteiger partial charge >= 0.3 is 5.97 Å². The Labute approximate surface area is 141 Å². The molecule has 1 heterocycles. The highest BCUT2D eigenvalue weighted by atomic mass is 79.9. The number of hydrogen-bond acceptors (Lipinski definition) is 4. The standard InChI is InChI=1S/C15H8Br2FNO3/c1-21-15(20)7-4-10(17)13-12(5-7)22-14(19-13)9-3-2-8(16)6-11(9)18/h2-6H,1H3. The lowest BCUT2D eigenvalue weighted by molar-refractivity contribution is 0.0600. The molecule has 0 spiro atoms. The number of nitrogens with zero attached hydrogens (tertiary/aromatic N) is 1.